The molecule has 0 radical (unpaired) electrons. The van der Waals surface area contributed by atoms with Gasteiger partial charge in [-0.3, -0.25) is 0 Å². The molecule has 0 saturated heterocycles. The quantitative estimate of drug-likeness (QED) is 0.523. The highest BCUT2D eigenvalue weighted by Gasteiger charge is 2.25. The number of H-pyrrole nitrogens is 1. The Labute approximate surface area is 149 Å². The van der Waals surface area contributed by atoms with E-state index in [-0.39, 0.29) is 5.06 Å². The molecule has 4 aliphatic rings. The SMILES string of the molecule is [O-][N+]1=C2/C=c3/cc/c([nH]3)=C/C3=NC(=C\C4=CC=C(/C=C1/CC2)[NH+]4[O-])/C=C3. The molecule has 1 aromatic heterocycles. The van der Waals surface area contributed by atoms with Crippen LogP contribution in [-0.2, 0) is 0 Å². The summed E-state index contributed by atoms with van der Waals surface area (Å²) in [6, 6.07) is 3.91. The highest BCUT2D eigenvalue weighted by atomic mass is 16.5. The summed E-state index contributed by atoms with van der Waals surface area (Å²) in [6.45, 7) is 0. The Kier molecular flexibility index (Phi) is 3.28. The van der Waals surface area contributed by atoms with Crippen molar-refractivity contribution in [2.75, 3.05) is 0 Å². The van der Waals surface area contributed by atoms with Crippen molar-refractivity contribution in [3.8, 4) is 0 Å². The number of nitrogens with one attached hydrogen (secondary N) is 2. The monoisotopic (exact) mass is 344 g/mol. The van der Waals surface area contributed by atoms with Crippen molar-refractivity contribution in [1.29, 1.82) is 0 Å². The molecule has 0 fully saturated rings. The van der Waals surface area contributed by atoms with E-state index in [4.69, 9.17) is 0 Å². The number of hydrogen-bond acceptors (Lipinski definition) is 3. The Morgan fingerprint density at radius 1 is 0.962 bits per heavy atom. The molecule has 0 amide bonds. The van der Waals surface area contributed by atoms with Crippen molar-refractivity contribution in [2.24, 2.45) is 4.99 Å². The van der Waals surface area contributed by atoms with Gasteiger partial charge in [0.05, 0.1) is 17.5 Å². The van der Waals surface area contributed by atoms with Crippen LogP contribution in [0, 0.1) is 10.4 Å². The summed E-state index contributed by atoms with van der Waals surface area (Å²) < 4.78 is 0.940. The molecule has 1 aromatic rings. The predicted octanol–water partition coefficient (Wildman–Crippen LogP) is 0.277. The Balaban J connectivity index is 1.70. The zero-order chi connectivity index (χ0) is 17.7. The van der Waals surface area contributed by atoms with E-state index in [9.17, 15) is 10.4 Å². The van der Waals surface area contributed by atoms with Crippen molar-refractivity contribution in [2.45, 2.75) is 12.8 Å². The highest BCUT2D eigenvalue weighted by molar-refractivity contribution is 6.19. The summed E-state index contributed by atoms with van der Waals surface area (Å²) in [5, 5.41) is 26.9. The Morgan fingerprint density at radius 3 is 2.58 bits per heavy atom. The molecule has 2 N–H and O–H groups in total. The summed E-state index contributed by atoms with van der Waals surface area (Å²) in [6.07, 6.45) is 15.9. The first kappa shape index (κ1) is 15.1. The van der Waals surface area contributed by atoms with Gasteiger partial charge < -0.3 is 20.5 Å². The van der Waals surface area contributed by atoms with Crippen LogP contribution < -0.4 is 15.8 Å². The number of nitrogens with zero attached hydrogens (tertiary/aromatic N) is 2. The fraction of sp³-hybridized carbons (Fsp3) is 0.100. The summed E-state index contributed by atoms with van der Waals surface area (Å²) >= 11 is 0. The van der Waals surface area contributed by atoms with Gasteiger partial charge >= 0.3 is 0 Å². The Morgan fingerprint density at radius 2 is 1.73 bits per heavy atom. The molecule has 0 aromatic carbocycles. The van der Waals surface area contributed by atoms with Crippen LogP contribution in [0.1, 0.15) is 12.8 Å². The first-order chi connectivity index (χ1) is 12.7. The van der Waals surface area contributed by atoms with Gasteiger partial charge in [0.15, 0.2) is 11.4 Å². The van der Waals surface area contributed by atoms with Gasteiger partial charge in [-0.1, -0.05) is 0 Å². The van der Waals surface area contributed by atoms with Gasteiger partial charge in [0, 0.05) is 47.8 Å². The van der Waals surface area contributed by atoms with Crippen LogP contribution in [0.25, 0.3) is 12.2 Å². The second-order valence-electron chi connectivity index (χ2n) is 6.59. The summed E-state index contributed by atoms with van der Waals surface area (Å²) in [7, 11) is 0. The molecule has 6 nitrogen and oxygen atoms in total. The maximum Gasteiger partial charge on any atom is 0.199 e. The van der Waals surface area contributed by atoms with E-state index in [0.29, 0.717) is 35.6 Å². The third-order valence-electron chi connectivity index (χ3n) is 4.79. The number of quaternary nitrogens is 1. The molecule has 5 heterocycles. The molecule has 4 aliphatic heterocycles. The van der Waals surface area contributed by atoms with E-state index >= 15 is 0 Å². The van der Waals surface area contributed by atoms with Crippen LogP contribution >= 0.6 is 0 Å². The van der Waals surface area contributed by atoms with Crippen molar-refractivity contribution < 1.29 is 9.80 Å². The van der Waals surface area contributed by atoms with Crippen LogP contribution in [0.5, 0.6) is 0 Å². The van der Waals surface area contributed by atoms with E-state index in [1.807, 2.05) is 36.4 Å². The maximum absolute atomic E-state index is 12.6. The van der Waals surface area contributed by atoms with Crippen LogP contribution in [0.4, 0.5) is 0 Å². The topological polar surface area (TPSA) is 81.7 Å². The predicted molar refractivity (Wildman–Crippen MR) is 100 cm³/mol. The van der Waals surface area contributed by atoms with Crippen LogP contribution in [0.2, 0.25) is 0 Å². The fourth-order valence-corrected chi connectivity index (χ4v) is 3.46. The molecule has 0 spiro atoms. The van der Waals surface area contributed by atoms with E-state index in [0.717, 1.165) is 26.8 Å². The second-order valence-corrected chi connectivity index (χ2v) is 6.59. The average molecular weight is 344 g/mol. The molecular formula is C20H16N4O2. The van der Waals surface area contributed by atoms with E-state index in [1.165, 1.54) is 0 Å². The smallest absolute Gasteiger partial charge is 0.199 e. The van der Waals surface area contributed by atoms with Gasteiger partial charge in [0.25, 0.3) is 0 Å². The van der Waals surface area contributed by atoms with Gasteiger partial charge in [0.2, 0.25) is 0 Å². The van der Waals surface area contributed by atoms with Gasteiger partial charge in [-0.15, -0.1) is 0 Å². The number of aromatic nitrogens is 1. The number of rotatable bonds is 0. The van der Waals surface area contributed by atoms with Crippen LogP contribution in [-0.4, -0.2) is 21.1 Å². The molecule has 6 heteroatoms. The normalized spacial score (nSPS) is 30.3. The molecule has 1 unspecified atom stereocenters. The highest BCUT2D eigenvalue weighted by Crippen LogP contribution is 2.19. The lowest BCUT2D eigenvalue weighted by atomic mass is 10.2. The van der Waals surface area contributed by atoms with Crippen LogP contribution in [0.15, 0.2) is 76.4 Å². The van der Waals surface area contributed by atoms with E-state index < -0.39 is 0 Å². The van der Waals surface area contributed by atoms with Crippen LogP contribution in [0.3, 0.4) is 0 Å². The first-order valence-corrected chi connectivity index (χ1v) is 8.53. The molecular weight excluding hydrogens is 328 g/mol. The van der Waals surface area contributed by atoms with Gasteiger partial charge in [-0.25, -0.2) is 4.99 Å². The lowest BCUT2D eigenvalue weighted by Crippen LogP contribution is -3.01. The summed E-state index contributed by atoms with van der Waals surface area (Å²) in [4.78, 5) is 7.83. The van der Waals surface area contributed by atoms with Crippen molar-refractivity contribution >= 4 is 23.6 Å². The molecule has 0 saturated carbocycles. The lowest BCUT2D eigenvalue weighted by molar-refractivity contribution is -0.752. The molecule has 1 atom stereocenters. The third kappa shape index (κ3) is 2.52. The fourth-order valence-electron chi connectivity index (χ4n) is 3.46. The van der Waals surface area contributed by atoms with Gasteiger partial charge in [-0.05, 0) is 30.4 Å². The minimum atomic E-state index is -0.0730. The Hall–Kier alpha value is -3.22. The molecule has 0 aliphatic carbocycles. The zero-order valence-electron chi connectivity index (χ0n) is 13.9. The molecule has 128 valence electrons. The minimum Gasteiger partial charge on any atom is -0.623 e. The number of fused-ring (bicyclic) bond motifs is 6. The summed E-state index contributed by atoms with van der Waals surface area (Å²) in [5.74, 6) is 0. The lowest BCUT2D eigenvalue weighted by Gasteiger charge is -2.19. The number of allylic oxidation sites excluding steroid dienone is 7. The zero-order valence-corrected chi connectivity index (χ0v) is 13.9. The average Bonchev–Trinajstić information content (AvgIpc) is 3.38. The number of hydrogen-bond donors (Lipinski definition) is 2. The third-order valence-corrected chi connectivity index (χ3v) is 4.79. The standard InChI is InChI=1S/C20H16N4O2/c25-23-17-5-7-19(23)12-20-8-6-18(24(20)26)11-16-4-2-14(22-16)9-13-1-3-15(10-17)21-13/h1-5,7,9-12,22-23H,6,8H2/b13-9?,14-9-,15-10-,16-11-,17-10?,18-11?,19-12?,20-12-. The van der Waals surface area contributed by atoms with Crippen molar-refractivity contribution in [3.05, 3.63) is 92.5 Å². The van der Waals surface area contributed by atoms with E-state index in [1.54, 1.807) is 24.3 Å². The number of hydroxylamine groups is 3. The number of aliphatic imine (C=N–C) groups is 1. The van der Waals surface area contributed by atoms with Gasteiger partial charge in [0.1, 0.15) is 11.4 Å². The largest absolute Gasteiger partial charge is 0.623 e. The van der Waals surface area contributed by atoms with Crippen molar-refractivity contribution in [3.63, 3.8) is 0 Å². The molecule has 8 bridgehead atoms. The Bertz CT molecular complexity index is 1150. The second kappa shape index (κ2) is 5.66. The first-order valence-electron chi connectivity index (χ1n) is 8.53. The van der Waals surface area contributed by atoms with Gasteiger partial charge in [-0.2, -0.15) is 4.74 Å². The molecule has 5 rings (SSSR count). The number of aromatic amines is 1. The maximum atomic E-state index is 12.6. The summed E-state index contributed by atoms with van der Waals surface area (Å²) in [5.41, 5.74) is 3.99. The van der Waals surface area contributed by atoms with E-state index in [2.05, 4.69) is 9.98 Å². The minimum absolute atomic E-state index is 0.0730. The molecule has 26 heavy (non-hydrogen) atoms. The van der Waals surface area contributed by atoms with Crippen molar-refractivity contribution in [1.82, 2.24) is 4.98 Å².